The molecule has 0 radical (unpaired) electrons. The zero-order chi connectivity index (χ0) is 14.8. The molecule has 2 aromatic heterocycles. The molecule has 0 unspecified atom stereocenters. The highest BCUT2D eigenvalue weighted by Crippen LogP contribution is 2.30. The lowest BCUT2D eigenvalue weighted by Crippen LogP contribution is -2.15. The second-order valence-electron chi connectivity index (χ2n) is 4.31. The van der Waals surface area contributed by atoms with Gasteiger partial charge in [0.2, 0.25) is 0 Å². The van der Waals surface area contributed by atoms with Crippen molar-refractivity contribution >= 4 is 27.5 Å². The standard InChI is InChI=1S/C14H12FN3O2S/c1-2-20-13(19)8-18-11(5-6-16-18)14-17-10-7-9(15)3-4-12(10)21-14/h3-7H,2,8H2,1H3. The van der Waals surface area contributed by atoms with E-state index in [9.17, 15) is 9.18 Å². The van der Waals surface area contributed by atoms with Crippen LogP contribution in [0.5, 0.6) is 0 Å². The van der Waals surface area contributed by atoms with E-state index in [2.05, 4.69) is 10.1 Å². The zero-order valence-electron chi connectivity index (χ0n) is 11.2. The summed E-state index contributed by atoms with van der Waals surface area (Å²) >= 11 is 1.43. The smallest absolute Gasteiger partial charge is 0.327 e. The number of hydrogen-bond acceptors (Lipinski definition) is 5. The Morgan fingerprint density at radius 1 is 1.43 bits per heavy atom. The number of fused-ring (bicyclic) bond motifs is 1. The summed E-state index contributed by atoms with van der Waals surface area (Å²) in [5.41, 5.74) is 1.31. The fourth-order valence-corrected chi connectivity index (χ4v) is 2.95. The van der Waals surface area contributed by atoms with Crippen molar-refractivity contribution in [2.75, 3.05) is 6.61 Å². The van der Waals surface area contributed by atoms with Gasteiger partial charge in [-0.25, -0.2) is 9.37 Å². The van der Waals surface area contributed by atoms with Gasteiger partial charge in [0, 0.05) is 12.3 Å². The number of rotatable bonds is 4. The molecule has 21 heavy (non-hydrogen) atoms. The molecule has 0 amide bonds. The van der Waals surface area contributed by atoms with Crippen molar-refractivity contribution in [1.82, 2.24) is 14.8 Å². The SMILES string of the molecule is CCOC(=O)Cn1nccc1-c1nc2cc(F)ccc2s1. The van der Waals surface area contributed by atoms with Gasteiger partial charge < -0.3 is 4.74 Å². The molecule has 3 aromatic rings. The Balaban J connectivity index is 1.95. The number of esters is 1. The molecule has 108 valence electrons. The van der Waals surface area contributed by atoms with Gasteiger partial charge in [-0.05, 0) is 25.1 Å². The minimum absolute atomic E-state index is 0.0282. The first kappa shape index (κ1) is 13.7. The van der Waals surface area contributed by atoms with Crippen LogP contribution in [0.3, 0.4) is 0 Å². The number of hydrogen-bond donors (Lipinski definition) is 0. The van der Waals surface area contributed by atoms with Crippen molar-refractivity contribution in [3.63, 3.8) is 0 Å². The number of carbonyl (C=O) groups is 1. The van der Waals surface area contributed by atoms with Crippen molar-refractivity contribution < 1.29 is 13.9 Å². The molecule has 0 atom stereocenters. The topological polar surface area (TPSA) is 57.0 Å². The summed E-state index contributed by atoms with van der Waals surface area (Å²) in [5, 5.41) is 4.80. The molecule has 2 heterocycles. The average Bonchev–Trinajstić information content (AvgIpc) is 3.04. The molecule has 0 saturated heterocycles. The molecule has 5 nitrogen and oxygen atoms in total. The first-order chi connectivity index (χ1) is 10.2. The van der Waals surface area contributed by atoms with Gasteiger partial charge >= 0.3 is 5.97 Å². The molecular weight excluding hydrogens is 293 g/mol. The Labute approximate surface area is 124 Å². The lowest BCUT2D eigenvalue weighted by atomic mass is 10.3. The Morgan fingerprint density at radius 2 is 2.29 bits per heavy atom. The molecule has 3 rings (SSSR count). The summed E-state index contributed by atoms with van der Waals surface area (Å²) in [6.45, 7) is 2.11. The quantitative estimate of drug-likeness (QED) is 0.696. The van der Waals surface area contributed by atoms with Gasteiger partial charge in [0.15, 0.2) is 0 Å². The van der Waals surface area contributed by atoms with E-state index < -0.39 is 0 Å². The first-order valence-electron chi connectivity index (χ1n) is 6.41. The highest BCUT2D eigenvalue weighted by Gasteiger charge is 2.14. The van der Waals surface area contributed by atoms with E-state index in [0.29, 0.717) is 22.8 Å². The van der Waals surface area contributed by atoms with Gasteiger partial charge in [0.25, 0.3) is 0 Å². The van der Waals surface area contributed by atoms with Crippen LogP contribution in [0.25, 0.3) is 20.9 Å². The second kappa shape index (κ2) is 5.61. The van der Waals surface area contributed by atoms with Crippen molar-refractivity contribution in [1.29, 1.82) is 0 Å². The molecule has 0 fully saturated rings. The molecule has 0 aliphatic heterocycles. The van der Waals surface area contributed by atoms with Gasteiger partial charge in [-0.2, -0.15) is 5.10 Å². The van der Waals surface area contributed by atoms with Crippen LogP contribution in [0.1, 0.15) is 6.92 Å². The van der Waals surface area contributed by atoms with Crippen LogP contribution in [-0.4, -0.2) is 27.3 Å². The number of carbonyl (C=O) groups excluding carboxylic acids is 1. The number of thiazole rings is 1. The van der Waals surface area contributed by atoms with E-state index in [-0.39, 0.29) is 18.3 Å². The maximum atomic E-state index is 13.2. The molecule has 0 spiro atoms. The van der Waals surface area contributed by atoms with Crippen LogP contribution in [0.2, 0.25) is 0 Å². The first-order valence-corrected chi connectivity index (χ1v) is 7.23. The van der Waals surface area contributed by atoms with E-state index in [1.807, 2.05) is 0 Å². The maximum absolute atomic E-state index is 13.2. The van der Waals surface area contributed by atoms with Crippen molar-refractivity contribution in [2.24, 2.45) is 0 Å². The van der Waals surface area contributed by atoms with Gasteiger partial charge in [-0.1, -0.05) is 0 Å². The lowest BCUT2D eigenvalue weighted by Gasteiger charge is -2.04. The average molecular weight is 305 g/mol. The summed E-state index contributed by atoms with van der Waals surface area (Å²) in [5.74, 6) is -0.672. The highest BCUT2D eigenvalue weighted by atomic mass is 32.1. The highest BCUT2D eigenvalue weighted by molar-refractivity contribution is 7.21. The monoisotopic (exact) mass is 305 g/mol. The van der Waals surface area contributed by atoms with Crippen LogP contribution >= 0.6 is 11.3 Å². The van der Waals surface area contributed by atoms with Crippen LogP contribution in [0, 0.1) is 5.82 Å². The molecule has 7 heteroatoms. The molecule has 0 saturated carbocycles. The Hall–Kier alpha value is -2.28. The van der Waals surface area contributed by atoms with Crippen molar-refractivity contribution in [3.8, 4) is 10.7 Å². The number of halogens is 1. The Kier molecular flexibility index (Phi) is 3.66. The summed E-state index contributed by atoms with van der Waals surface area (Å²) in [7, 11) is 0. The fourth-order valence-electron chi connectivity index (χ4n) is 1.98. The minimum atomic E-state index is -0.352. The third kappa shape index (κ3) is 2.78. The van der Waals surface area contributed by atoms with E-state index in [1.54, 1.807) is 25.3 Å². The number of nitrogens with zero attached hydrogens (tertiary/aromatic N) is 3. The van der Waals surface area contributed by atoms with E-state index in [4.69, 9.17) is 4.74 Å². The largest absolute Gasteiger partial charge is 0.465 e. The van der Waals surface area contributed by atoms with Gasteiger partial charge in [-0.15, -0.1) is 11.3 Å². The number of aromatic nitrogens is 3. The predicted molar refractivity (Wildman–Crippen MR) is 77.4 cm³/mol. The van der Waals surface area contributed by atoms with E-state index >= 15 is 0 Å². The van der Waals surface area contributed by atoms with Crippen LogP contribution in [-0.2, 0) is 16.1 Å². The Morgan fingerprint density at radius 3 is 3.10 bits per heavy atom. The van der Waals surface area contributed by atoms with Crippen molar-refractivity contribution in [3.05, 3.63) is 36.3 Å². The second-order valence-corrected chi connectivity index (χ2v) is 5.34. The van der Waals surface area contributed by atoms with Crippen LogP contribution in [0.4, 0.5) is 4.39 Å². The molecular formula is C14H12FN3O2S. The van der Waals surface area contributed by atoms with E-state index in [1.165, 1.54) is 28.2 Å². The van der Waals surface area contributed by atoms with Gasteiger partial charge in [-0.3, -0.25) is 9.48 Å². The number of ether oxygens (including phenoxy) is 1. The molecule has 0 aliphatic rings. The molecule has 0 aliphatic carbocycles. The van der Waals surface area contributed by atoms with Crippen LogP contribution < -0.4 is 0 Å². The van der Waals surface area contributed by atoms with Gasteiger partial charge in [0.1, 0.15) is 17.4 Å². The van der Waals surface area contributed by atoms with Crippen molar-refractivity contribution in [2.45, 2.75) is 13.5 Å². The molecule has 0 bridgehead atoms. The van der Waals surface area contributed by atoms with Gasteiger partial charge in [0.05, 0.1) is 22.5 Å². The zero-order valence-corrected chi connectivity index (χ0v) is 12.1. The number of benzene rings is 1. The summed E-state index contributed by atoms with van der Waals surface area (Å²) < 4.78 is 20.5. The molecule has 1 aromatic carbocycles. The molecule has 0 N–H and O–H groups in total. The Bertz CT molecular complexity index is 796. The third-order valence-electron chi connectivity index (χ3n) is 2.87. The normalized spacial score (nSPS) is 11.0. The third-order valence-corrected chi connectivity index (χ3v) is 3.93. The summed E-state index contributed by atoms with van der Waals surface area (Å²) in [6.07, 6.45) is 1.60. The van der Waals surface area contributed by atoms with Crippen LogP contribution in [0.15, 0.2) is 30.5 Å². The van der Waals surface area contributed by atoms with E-state index in [0.717, 1.165) is 4.70 Å². The minimum Gasteiger partial charge on any atom is -0.465 e. The lowest BCUT2D eigenvalue weighted by molar-refractivity contribution is -0.144. The summed E-state index contributed by atoms with van der Waals surface area (Å²) in [6, 6.07) is 6.26. The summed E-state index contributed by atoms with van der Waals surface area (Å²) in [4.78, 5) is 16.0. The maximum Gasteiger partial charge on any atom is 0.327 e. The predicted octanol–water partition coefficient (Wildman–Crippen LogP) is 2.86. The fraction of sp³-hybridized carbons (Fsp3) is 0.214.